The molecule has 0 saturated heterocycles. The molecule has 9 heteroatoms. The number of carbonyl (C=O) groups is 1. The molecule has 3 aromatic rings. The van der Waals surface area contributed by atoms with Gasteiger partial charge in [-0.15, -0.1) is 0 Å². The number of hydrogen-bond acceptors (Lipinski definition) is 5. The molecule has 0 unspecified atom stereocenters. The number of hydrogen-bond donors (Lipinski definition) is 1. The van der Waals surface area contributed by atoms with Crippen LogP contribution in [0.5, 0.6) is 0 Å². The van der Waals surface area contributed by atoms with Gasteiger partial charge >= 0.3 is 5.97 Å². The highest BCUT2D eigenvalue weighted by Gasteiger charge is 2.30. The number of halogens is 1. The smallest absolute Gasteiger partial charge is 0.324 e. The van der Waals surface area contributed by atoms with E-state index in [9.17, 15) is 18.5 Å². The first-order valence-corrected chi connectivity index (χ1v) is 11.0. The summed E-state index contributed by atoms with van der Waals surface area (Å²) in [5, 5.41) is 9.87. The number of pyridine rings is 1. The van der Waals surface area contributed by atoms with Crippen molar-refractivity contribution in [3.63, 3.8) is 0 Å². The number of fused-ring (bicyclic) bond motifs is 1. The van der Waals surface area contributed by atoms with Gasteiger partial charge in [0.25, 0.3) is 0 Å². The van der Waals surface area contributed by atoms with E-state index < -0.39 is 22.0 Å². The average Bonchev–Trinajstić information content (AvgIpc) is 3.08. The number of nitrogens with one attached hydrogen (secondary N) is 1. The van der Waals surface area contributed by atoms with Gasteiger partial charge in [0.1, 0.15) is 18.7 Å². The summed E-state index contributed by atoms with van der Waals surface area (Å²) in [6, 6.07) is 12.1. The standard InChI is InChI=1S/C21H20ClN3O4S/c1-14(2)20(24-30(27,28)17-8-6-16(22)7-9-17)21(26)29-13-15-12-25-10-4-3-5-19(25)18(15)11-23/h3-10,12,14,20,24H,13H2,1-2H3/t20-/m0/s1. The molecular formula is C21H20ClN3O4S. The monoisotopic (exact) mass is 445 g/mol. The third-order valence-corrected chi connectivity index (χ3v) is 6.28. The summed E-state index contributed by atoms with van der Waals surface area (Å²) in [6.45, 7) is 3.28. The fourth-order valence-electron chi connectivity index (χ4n) is 2.96. The number of rotatable bonds is 7. The second-order valence-electron chi connectivity index (χ2n) is 7.04. The summed E-state index contributed by atoms with van der Waals surface area (Å²) in [7, 11) is -3.95. The first-order valence-electron chi connectivity index (χ1n) is 9.16. The predicted octanol–water partition coefficient (Wildman–Crippen LogP) is 3.51. The lowest BCUT2D eigenvalue weighted by atomic mass is 10.1. The second-order valence-corrected chi connectivity index (χ2v) is 9.19. The molecule has 0 saturated carbocycles. The molecule has 1 atom stereocenters. The van der Waals surface area contributed by atoms with Gasteiger partial charge in [0.15, 0.2) is 0 Å². The molecule has 0 aliphatic rings. The van der Waals surface area contributed by atoms with E-state index in [1.54, 1.807) is 36.7 Å². The molecular weight excluding hydrogens is 426 g/mol. The molecule has 3 rings (SSSR count). The number of carbonyl (C=O) groups excluding carboxylic acids is 1. The molecule has 0 aliphatic heterocycles. The van der Waals surface area contributed by atoms with Crippen molar-refractivity contribution >= 4 is 33.1 Å². The number of nitriles is 1. The van der Waals surface area contributed by atoms with E-state index in [-0.39, 0.29) is 17.4 Å². The van der Waals surface area contributed by atoms with Crippen LogP contribution in [0.1, 0.15) is 25.0 Å². The normalized spacial score (nSPS) is 12.6. The lowest BCUT2D eigenvalue weighted by Crippen LogP contribution is -2.45. The van der Waals surface area contributed by atoms with Crippen LogP contribution in [0.25, 0.3) is 5.52 Å². The van der Waals surface area contributed by atoms with Crippen LogP contribution in [0.4, 0.5) is 0 Å². The quantitative estimate of drug-likeness (QED) is 0.561. The summed E-state index contributed by atoms with van der Waals surface area (Å²) in [4.78, 5) is 12.7. The Labute approximate surface area is 179 Å². The van der Waals surface area contributed by atoms with E-state index in [0.717, 1.165) is 0 Å². The molecule has 0 spiro atoms. The summed E-state index contributed by atoms with van der Waals surface area (Å²) in [5.41, 5.74) is 1.65. The van der Waals surface area contributed by atoms with Crippen LogP contribution in [0.2, 0.25) is 5.02 Å². The maximum Gasteiger partial charge on any atom is 0.324 e. The Bertz CT molecular complexity index is 1210. The van der Waals surface area contributed by atoms with Gasteiger partial charge in [-0.25, -0.2) is 8.42 Å². The Morgan fingerprint density at radius 1 is 1.23 bits per heavy atom. The minimum absolute atomic E-state index is 0.00389. The summed E-state index contributed by atoms with van der Waals surface area (Å²) >= 11 is 5.81. The molecule has 2 heterocycles. The van der Waals surface area contributed by atoms with Gasteiger partial charge in [0, 0.05) is 23.0 Å². The SMILES string of the molecule is CC(C)[C@H](NS(=O)(=O)c1ccc(Cl)cc1)C(=O)OCc1cn2ccccc2c1C#N. The van der Waals surface area contributed by atoms with Crippen molar-refractivity contribution in [2.45, 2.75) is 31.4 Å². The van der Waals surface area contributed by atoms with Gasteiger partial charge in [-0.05, 0) is 42.3 Å². The van der Waals surface area contributed by atoms with Crippen LogP contribution in [-0.4, -0.2) is 24.8 Å². The maximum atomic E-state index is 12.7. The number of ether oxygens (including phenoxy) is 1. The van der Waals surface area contributed by atoms with Crippen LogP contribution in [0, 0.1) is 17.2 Å². The van der Waals surface area contributed by atoms with E-state index in [2.05, 4.69) is 10.8 Å². The zero-order chi connectivity index (χ0) is 21.9. The molecule has 0 amide bonds. The Balaban J connectivity index is 1.77. The third-order valence-electron chi connectivity index (χ3n) is 4.57. The van der Waals surface area contributed by atoms with E-state index >= 15 is 0 Å². The van der Waals surface area contributed by atoms with Crippen LogP contribution < -0.4 is 4.72 Å². The maximum absolute atomic E-state index is 12.7. The predicted molar refractivity (Wildman–Crippen MR) is 112 cm³/mol. The number of esters is 1. The fraction of sp³-hybridized carbons (Fsp3) is 0.238. The number of benzene rings is 1. The first-order chi connectivity index (χ1) is 14.2. The topological polar surface area (TPSA) is 101 Å². The molecule has 0 aliphatic carbocycles. The lowest BCUT2D eigenvalue weighted by molar-refractivity contribution is -0.148. The molecule has 0 bridgehead atoms. The first kappa shape index (κ1) is 21.8. The van der Waals surface area contributed by atoms with Crippen molar-refractivity contribution in [1.29, 1.82) is 5.26 Å². The van der Waals surface area contributed by atoms with Crippen LogP contribution in [-0.2, 0) is 26.2 Å². The van der Waals surface area contributed by atoms with Gasteiger partial charge in [-0.2, -0.15) is 9.98 Å². The fourth-order valence-corrected chi connectivity index (χ4v) is 4.42. The molecule has 156 valence electrons. The Morgan fingerprint density at radius 3 is 2.57 bits per heavy atom. The highest BCUT2D eigenvalue weighted by atomic mass is 35.5. The van der Waals surface area contributed by atoms with Gasteiger partial charge < -0.3 is 9.14 Å². The molecule has 0 fully saturated rings. The Kier molecular flexibility index (Phi) is 6.46. The van der Waals surface area contributed by atoms with Gasteiger partial charge in [-0.3, -0.25) is 4.79 Å². The Hall–Kier alpha value is -2.86. The minimum Gasteiger partial charge on any atom is -0.460 e. The van der Waals surface area contributed by atoms with Gasteiger partial charge in [0.05, 0.1) is 16.0 Å². The van der Waals surface area contributed by atoms with Crippen molar-refractivity contribution in [3.05, 3.63) is 71.0 Å². The number of sulfonamides is 1. The van der Waals surface area contributed by atoms with Gasteiger partial charge in [0.2, 0.25) is 10.0 Å². The van der Waals surface area contributed by atoms with E-state index in [1.165, 1.54) is 24.3 Å². The largest absolute Gasteiger partial charge is 0.460 e. The number of aromatic nitrogens is 1. The molecule has 1 N–H and O–H groups in total. The van der Waals surface area contributed by atoms with Crippen molar-refractivity contribution in [2.75, 3.05) is 0 Å². The molecule has 1 aromatic carbocycles. The zero-order valence-corrected chi connectivity index (χ0v) is 17.9. The van der Waals surface area contributed by atoms with Crippen molar-refractivity contribution in [3.8, 4) is 6.07 Å². The number of nitrogens with zero attached hydrogens (tertiary/aromatic N) is 2. The third kappa shape index (κ3) is 4.65. The zero-order valence-electron chi connectivity index (χ0n) is 16.4. The molecule has 0 radical (unpaired) electrons. The van der Waals surface area contributed by atoms with E-state index in [4.69, 9.17) is 16.3 Å². The van der Waals surface area contributed by atoms with E-state index in [1.807, 2.05) is 12.1 Å². The van der Waals surface area contributed by atoms with Crippen LogP contribution in [0.3, 0.4) is 0 Å². The molecule has 30 heavy (non-hydrogen) atoms. The highest BCUT2D eigenvalue weighted by Crippen LogP contribution is 2.20. The summed E-state index contributed by atoms with van der Waals surface area (Å²) in [5.74, 6) is -1.08. The Morgan fingerprint density at radius 2 is 1.93 bits per heavy atom. The van der Waals surface area contributed by atoms with Crippen molar-refractivity contribution in [1.82, 2.24) is 9.12 Å². The summed E-state index contributed by atoms with van der Waals surface area (Å²) < 4.78 is 34.8. The van der Waals surface area contributed by atoms with Crippen molar-refractivity contribution in [2.24, 2.45) is 5.92 Å². The average molecular weight is 446 g/mol. The van der Waals surface area contributed by atoms with Crippen molar-refractivity contribution < 1.29 is 17.9 Å². The molecule has 7 nitrogen and oxygen atoms in total. The minimum atomic E-state index is -3.95. The lowest BCUT2D eigenvalue weighted by Gasteiger charge is -2.20. The van der Waals surface area contributed by atoms with Crippen LogP contribution >= 0.6 is 11.6 Å². The highest BCUT2D eigenvalue weighted by molar-refractivity contribution is 7.89. The van der Waals surface area contributed by atoms with Gasteiger partial charge in [-0.1, -0.05) is 31.5 Å². The second kappa shape index (κ2) is 8.88. The molecule has 2 aromatic heterocycles. The summed E-state index contributed by atoms with van der Waals surface area (Å²) in [6.07, 6.45) is 3.50. The van der Waals surface area contributed by atoms with E-state index in [0.29, 0.717) is 21.7 Å². The van der Waals surface area contributed by atoms with Crippen LogP contribution in [0.15, 0.2) is 59.8 Å².